The van der Waals surface area contributed by atoms with E-state index in [9.17, 15) is 0 Å². The van der Waals surface area contributed by atoms with Crippen molar-refractivity contribution in [3.8, 4) is 0 Å². The number of halogens is 1. The van der Waals surface area contributed by atoms with E-state index in [0.29, 0.717) is 16.7 Å². The van der Waals surface area contributed by atoms with E-state index in [1.165, 1.54) is 5.56 Å². The van der Waals surface area contributed by atoms with Crippen LogP contribution in [0.4, 0.5) is 5.69 Å². The molecule has 0 spiro atoms. The molecule has 0 fully saturated rings. The van der Waals surface area contributed by atoms with Gasteiger partial charge in [-0.15, -0.1) is 0 Å². The fraction of sp³-hybridized carbons (Fsp3) is 0.250. The molecular formula is C28H32ClN3. The van der Waals surface area contributed by atoms with Gasteiger partial charge in [-0.1, -0.05) is 74.5 Å². The van der Waals surface area contributed by atoms with Crippen molar-refractivity contribution in [3.05, 3.63) is 100 Å². The molecule has 0 amide bonds. The quantitative estimate of drug-likeness (QED) is 0.390. The van der Waals surface area contributed by atoms with Crippen molar-refractivity contribution >= 4 is 34.6 Å². The standard InChI is InChI=1S/C28H32ClN3/c1-6-20-7-9-21(10-8-20)27(15-18(2)3)32-17-25-19(4)23(13-14-26(25)30)24-12-11-22(29)16-28(24)31-5/h6-14,16-18,27,30-32H,1,15H2,2-5H3/b25-17-,30-26?. The molecule has 1 aliphatic carbocycles. The van der Waals surface area contributed by atoms with E-state index >= 15 is 0 Å². The second kappa shape index (κ2) is 10.5. The van der Waals surface area contributed by atoms with Crippen LogP contribution in [-0.2, 0) is 0 Å². The molecule has 3 nitrogen and oxygen atoms in total. The van der Waals surface area contributed by atoms with E-state index in [1.54, 1.807) is 0 Å². The van der Waals surface area contributed by atoms with Crippen LogP contribution in [0, 0.1) is 11.3 Å². The molecule has 166 valence electrons. The van der Waals surface area contributed by atoms with Crippen molar-refractivity contribution in [2.45, 2.75) is 33.2 Å². The van der Waals surface area contributed by atoms with Crippen LogP contribution in [0.1, 0.15) is 49.9 Å². The summed E-state index contributed by atoms with van der Waals surface area (Å²) in [6.07, 6.45) is 8.73. The smallest absolute Gasteiger partial charge is 0.0629 e. The van der Waals surface area contributed by atoms with Crippen LogP contribution in [0.3, 0.4) is 0 Å². The Labute approximate surface area is 197 Å². The maximum atomic E-state index is 8.53. The Balaban J connectivity index is 1.96. The second-order valence-electron chi connectivity index (χ2n) is 8.50. The van der Waals surface area contributed by atoms with Gasteiger partial charge in [0.25, 0.3) is 0 Å². The van der Waals surface area contributed by atoms with Gasteiger partial charge in [0.1, 0.15) is 0 Å². The number of benzene rings is 2. The van der Waals surface area contributed by atoms with Gasteiger partial charge in [-0.3, -0.25) is 0 Å². The fourth-order valence-electron chi connectivity index (χ4n) is 3.98. The van der Waals surface area contributed by atoms with Crippen LogP contribution in [0.5, 0.6) is 0 Å². The van der Waals surface area contributed by atoms with Crippen molar-refractivity contribution in [2.75, 3.05) is 12.4 Å². The summed E-state index contributed by atoms with van der Waals surface area (Å²) in [7, 11) is 1.89. The van der Waals surface area contributed by atoms with E-state index in [-0.39, 0.29) is 6.04 Å². The summed E-state index contributed by atoms with van der Waals surface area (Å²) < 4.78 is 0. The minimum atomic E-state index is 0.166. The zero-order chi connectivity index (χ0) is 23.3. The lowest BCUT2D eigenvalue weighted by atomic mass is 9.88. The maximum absolute atomic E-state index is 8.53. The molecule has 1 aliphatic rings. The van der Waals surface area contributed by atoms with Crippen molar-refractivity contribution in [1.82, 2.24) is 5.32 Å². The average molecular weight is 446 g/mol. The summed E-state index contributed by atoms with van der Waals surface area (Å²) in [4.78, 5) is 0. The summed E-state index contributed by atoms with van der Waals surface area (Å²) in [6.45, 7) is 10.4. The molecule has 0 radical (unpaired) electrons. The first kappa shape index (κ1) is 23.6. The Morgan fingerprint density at radius 3 is 2.44 bits per heavy atom. The summed E-state index contributed by atoms with van der Waals surface area (Å²) in [5.74, 6) is 0.537. The predicted molar refractivity (Wildman–Crippen MR) is 140 cm³/mol. The Morgan fingerprint density at radius 2 is 1.81 bits per heavy atom. The topological polar surface area (TPSA) is 47.9 Å². The van der Waals surface area contributed by atoms with Crippen LogP contribution in [-0.4, -0.2) is 12.8 Å². The zero-order valence-electron chi connectivity index (χ0n) is 19.3. The van der Waals surface area contributed by atoms with Crippen molar-refractivity contribution in [2.24, 2.45) is 5.92 Å². The highest BCUT2D eigenvalue weighted by atomic mass is 35.5. The number of hydrogen-bond acceptors (Lipinski definition) is 3. The highest BCUT2D eigenvalue weighted by Crippen LogP contribution is 2.35. The second-order valence-corrected chi connectivity index (χ2v) is 8.94. The molecule has 2 aromatic rings. The first-order chi connectivity index (χ1) is 15.3. The van der Waals surface area contributed by atoms with E-state index < -0.39 is 0 Å². The molecule has 3 rings (SSSR count). The molecular weight excluding hydrogens is 414 g/mol. The first-order valence-corrected chi connectivity index (χ1v) is 11.4. The summed E-state index contributed by atoms with van der Waals surface area (Å²) in [6, 6.07) is 14.5. The maximum Gasteiger partial charge on any atom is 0.0629 e. The third-order valence-electron chi connectivity index (χ3n) is 5.77. The van der Waals surface area contributed by atoms with Crippen LogP contribution >= 0.6 is 11.6 Å². The van der Waals surface area contributed by atoms with Gasteiger partial charge in [0.2, 0.25) is 0 Å². The molecule has 32 heavy (non-hydrogen) atoms. The Morgan fingerprint density at radius 1 is 1.09 bits per heavy atom. The molecule has 0 heterocycles. The number of allylic oxidation sites excluding steroid dienone is 5. The summed E-state index contributed by atoms with van der Waals surface area (Å²) in [5.41, 5.74) is 7.94. The Bertz CT molecular complexity index is 1090. The summed E-state index contributed by atoms with van der Waals surface area (Å²) >= 11 is 6.19. The van der Waals surface area contributed by atoms with Crippen molar-refractivity contribution in [3.63, 3.8) is 0 Å². The van der Waals surface area contributed by atoms with Crippen LogP contribution in [0.2, 0.25) is 5.02 Å². The summed E-state index contributed by atoms with van der Waals surface area (Å²) in [5, 5.41) is 16.1. The van der Waals surface area contributed by atoms with Gasteiger partial charge in [0.05, 0.1) is 11.8 Å². The van der Waals surface area contributed by atoms with Crippen LogP contribution in [0.15, 0.2) is 78.5 Å². The zero-order valence-corrected chi connectivity index (χ0v) is 20.1. The molecule has 0 aromatic heterocycles. The molecule has 1 unspecified atom stereocenters. The lowest BCUT2D eigenvalue weighted by Crippen LogP contribution is -2.20. The van der Waals surface area contributed by atoms with Crippen molar-refractivity contribution in [1.29, 1.82) is 5.41 Å². The van der Waals surface area contributed by atoms with Gasteiger partial charge >= 0.3 is 0 Å². The van der Waals surface area contributed by atoms with E-state index in [0.717, 1.165) is 40.0 Å². The highest BCUT2D eigenvalue weighted by molar-refractivity contribution is 6.31. The van der Waals surface area contributed by atoms with Crippen LogP contribution < -0.4 is 10.6 Å². The van der Waals surface area contributed by atoms with Gasteiger partial charge in [0, 0.05) is 35.1 Å². The lowest BCUT2D eigenvalue weighted by Gasteiger charge is -2.23. The van der Waals surface area contributed by atoms with E-state index in [2.05, 4.69) is 62.2 Å². The van der Waals surface area contributed by atoms with E-state index in [4.69, 9.17) is 17.0 Å². The SMILES string of the molecule is C=Cc1ccc(C(CC(C)C)N/C=C2\C(=N)C=CC(c3ccc(Cl)cc3NC)=C2C)cc1. The Kier molecular flexibility index (Phi) is 7.76. The highest BCUT2D eigenvalue weighted by Gasteiger charge is 2.19. The predicted octanol–water partition coefficient (Wildman–Crippen LogP) is 7.65. The lowest BCUT2D eigenvalue weighted by molar-refractivity contribution is 0.468. The number of anilines is 1. The van der Waals surface area contributed by atoms with Gasteiger partial charge in [-0.05, 0) is 59.7 Å². The monoisotopic (exact) mass is 445 g/mol. The van der Waals surface area contributed by atoms with Gasteiger partial charge in [0.15, 0.2) is 0 Å². The minimum absolute atomic E-state index is 0.166. The number of hydrogen-bond donors (Lipinski definition) is 3. The largest absolute Gasteiger partial charge is 0.388 e. The third-order valence-corrected chi connectivity index (χ3v) is 6.00. The third kappa shape index (κ3) is 5.41. The minimum Gasteiger partial charge on any atom is -0.388 e. The molecule has 0 saturated heterocycles. The fourth-order valence-corrected chi connectivity index (χ4v) is 4.16. The molecule has 1 atom stereocenters. The Hall–Kier alpha value is -3.04. The number of rotatable bonds is 8. The number of nitrogens with one attached hydrogen (secondary N) is 3. The van der Waals surface area contributed by atoms with Crippen LogP contribution in [0.25, 0.3) is 11.6 Å². The van der Waals surface area contributed by atoms with Gasteiger partial charge in [-0.25, -0.2) is 0 Å². The molecule has 0 aliphatic heterocycles. The molecule has 4 heteroatoms. The molecule has 3 N–H and O–H groups in total. The molecule has 0 saturated carbocycles. The normalized spacial score (nSPS) is 15.9. The van der Waals surface area contributed by atoms with Crippen molar-refractivity contribution < 1.29 is 0 Å². The first-order valence-electron chi connectivity index (χ1n) is 11.0. The molecule has 2 aromatic carbocycles. The average Bonchev–Trinajstić information content (AvgIpc) is 2.78. The van der Waals surface area contributed by atoms with Gasteiger partial charge in [-0.2, -0.15) is 0 Å². The van der Waals surface area contributed by atoms with E-state index in [1.807, 2.05) is 49.7 Å². The van der Waals surface area contributed by atoms with Gasteiger partial charge < -0.3 is 16.0 Å². The molecule has 0 bridgehead atoms.